The average Bonchev–Trinajstić information content (AvgIpc) is 2.73. The summed E-state index contributed by atoms with van der Waals surface area (Å²) < 4.78 is 10.9. The minimum Gasteiger partial charge on any atom is -0.462 e. The van der Waals surface area contributed by atoms with Gasteiger partial charge < -0.3 is 14.1 Å². The lowest BCUT2D eigenvalue weighted by molar-refractivity contribution is 0.0522. The Morgan fingerprint density at radius 1 is 1.17 bits per heavy atom. The summed E-state index contributed by atoms with van der Waals surface area (Å²) in [7, 11) is 0. The summed E-state index contributed by atoms with van der Waals surface area (Å²) in [5.41, 5.74) is 1.06. The predicted octanol–water partition coefficient (Wildman–Crippen LogP) is 4.32. The fourth-order valence-electron chi connectivity index (χ4n) is 3.38. The van der Waals surface area contributed by atoms with Gasteiger partial charge in [0, 0.05) is 15.8 Å². The zero-order valence-electron chi connectivity index (χ0n) is 15.9. The molecule has 146 valence electrons. The number of hydrogen-bond acceptors (Lipinski definition) is 6. The molecule has 0 saturated carbocycles. The fraction of sp³-hybridized carbons (Fsp3) is 0.136. The Labute approximate surface area is 170 Å². The zero-order valence-corrected chi connectivity index (χ0v) is 16.7. The number of carbonyl (C=O) groups is 1. The molecule has 0 aliphatic heterocycles. The van der Waals surface area contributed by atoms with Crippen molar-refractivity contribution in [2.45, 2.75) is 11.8 Å². The maximum absolute atomic E-state index is 13.0. The van der Waals surface area contributed by atoms with Crippen molar-refractivity contribution in [1.29, 1.82) is 5.41 Å². The number of thioether (sulfide) groups is 1. The van der Waals surface area contributed by atoms with Crippen LogP contribution in [0.1, 0.15) is 17.3 Å². The second kappa shape index (κ2) is 7.60. The van der Waals surface area contributed by atoms with Crippen LogP contribution >= 0.6 is 11.8 Å². The second-order valence-electron chi connectivity index (χ2n) is 6.33. The molecular formula is C22H18N2O4S. The van der Waals surface area contributed by atoms with Gasteiger partial charge >= 0.3 is 5.97 Å². The lowest BCUT2D eigenvalue weighted by Gasteiger charge is -2.13. The number of H-pyrrole nitrogens is 1. The minimum absolute atomic E-state index is 0.0583. The molecule has 0 atom stereocenters. The van der Waals surface area contributed by atoms with E-state index in [1.165, 1.54) is 0 Å². The first-order valence-electron chi connectivity index (χ1n) is 9.03. The highest BCUT2D eigenvalue weighted by Gasteiger charge is 2.24. The van der Waals surface area contributed by atoms with E-state index in [2.05, 4.69) is 4.98 Å². The van der Waals surface area contributed by atoms with Crippen molar-refractivity contribution in [3.63, 3.8) is 0 Å². The van der Waals surface area contributed by atoms with Gasteiger partial charge in [-0.25, -0.2) is 4.79 Å². The van der Waals surface area contributed by atoms with Gasteiger partial charge in [-0.1, -0.05) is 24.3 Å². The number of hydrogen-bond donors (Lipinski definition) is 2. The molecule has 0 aliphatic rings. The van der Waals surface area contributed by atoms with Crippen LogP contribution in [-0.2, 0) is 4.74 Å². The number of aromatic amines is 1. The van der Waals surface area contributed by atoms with E-state index in [-0.39, 0.29) is 28.7 Å². The maximum atomic E-state index is 13.0. The third kappa shape index (κ3) is 3.23. The van der Waals surface area contributed by atoms with Gasteiger partial charge in [-0.05, 0) is 43.0 Å². The number of pyridine rings is 1. The molecule has 0 fully saturated rings. The third-order valence-electron chi connectivity index (χ3n) is 4.66. The molecule has 29 heavy (non-hydrogen) atoms. The summed E-state index contributed by atoms with van der Waals surface area (Å²) in [6.45, 7) is 1.84. The minimum atomic E-state index is -0.695. The molecule has 2 heterocycles. The van der Waals surface area contributed by atoms with Crippen molar-refractivity contribution in [3.8, 4) is 11.1 Å². The molecule has 0 amide bonds. The topological polar surface area (TPSA) is 96.2 Å². The highest BCUT2D eigenvalue weighted by molar-refractivity contribution is 7.98. The first-order chi connectivity index (χ1) is 14.0. The van der Waals surface area contributed by atoms with Gasteiger partial charge in [0.2, 0.25) is 5.55 Å². The normalized spacial score (nSPS) is 11.1. The molecule has 0 radical (unpaired) electrons. The monoisotopic (exact) mass is 406 g/mol. The SMILES string of the molecule is CCOC(=O)c1c(-c2ccc(SC)cc2)c2c(=O)[nH]c3ccccc3c2oc1=N. The molecule has 0 unspecified atom stereocenters. The number of ether oxygens (including phenoxy) is 1. The molecule has 4 rings (SSSR count). The Hall–Kier alpha value is -3.32. The molecule has 0 aliphatic carbocycles. The first kappa shape index (κ1) is 19.0. The van der Waals surface area contributed by atoms with E-state index in [1.807, 2.05) is 36.6 Å². The Morgan fingerprint density at radius 2 is 1.90 bits per heavy atom. The van der Waals surface area contributed by atoms with Gasteiger partial charge in [0.15, 0.2) is 5.58 Å². The van der Waals surface area contributed by atoms with Crippen LogP contribution < -0.4 is 11.1 Å². The van der Waals surface area contributed by atoms with Gasteiger partial charge in [-0.15, -0.1) is 11.8 Å². The Kier molecular flexibility index (Phi) is 4.98. The van der Waals surface area contributed by atoms with Crippen LogP contribution in [0.15, 0.2) is 62.6 Å². The molecule has 0 saturated heterocycles. The summed E-state index contributed by atoms with van der Waals surface area (Å²) in [5.74, 6) is -0.695. The molecule has 2 N–H and O–H groups in total. The van der Waals surface area contributed by atoms with Crippen LogP contribution in [0.4, 0.5) is 0 Å². The van der Waals surface area contributed by atoms with Crippen LogP contribution in [0.2, 0.25) is 0 Å². The average molecular weight is 406 g/mol. The van der Waals surface area contributed by atoms with E-state index in [4.69, 9.17) is 14.6 Å². The number of para-hydroxylation sites is 1. The summed E-state index contributed by atoms with van der Waals surface area (Å²) in [5, 5.41) is 9.27. The van der Waals surface area contributed by atoms with Gasteiger partial charge in [-0.2, -0.15) is 0 Å². The Balaban J connectivity index is 2.20. The standard InChI is InChI=1S/C22H18N2O4S/c1-3-27-22(26)18-16(12-8-10-13(29-2)11-9-12)17-19(28-20(18)23)14-6-4-5-7-15(14)24-21(17)25/h4-11,23H,3H2,1-2H3,(H,24,25). The first-order valence-corrected chi connectivity index (χ1v) is 10.3. The Morgan fingerprint density at radius 3 is 2.59 bits per heavy atom. The molecule has 7 heteroatoms. The van der Waals surface area contributed by atoms with Gasteiger partial charge in [0.05, 0.1) is 17.5 Å². The van der Waals surface area contributed by atoms with Crippen molar-refractivity contribution in [2.75, 3.05) is 12.9 Å². The number of fused-ring (bicyclic) bond motifs is 3. The van der Waals surface area contributed by atoms with E-state index in [0.29, 0.717) is 22.0 Å². The number of nitrogens with one attached hydrogen (secondary N) is 2. The van der Waals surface area contributed by atoms with Gasteiger partial charge in [0.1, 0.15) is 5.56 Å². The molecule has 6 nitrogen and oxygen atoms in total. The van der Waals surface area contributed by atoms with Crippen molar-refractivity contribution in [2.24, 2.45) is 0 Å². The van der Waals surface area contributed by atoms with Crippen molar-refractivity contribution < 1.29 is 13.9 Å². The van der Waals surface area contributed by atoms with E-state index in [1.54, 1.807) is 36.9 Å². The van der Waals surface area contributed by atoms with Gasteiger partial charge in [-0.3, -0.25) is 10.2 Å². The fourth-order valence-corrected chi connectivity index (χ4v) is 3.79. The predicted molar refractivity (Wildman–Crippen MR) is 113 cm³/mol. The van der Waals surface area contributed by atoms with Crippen LogP contribution in [0.3, 0.4) is 0 Å². The molecule has 2 aromatic heterocycles. The summed E-state index contributed by atoms with van der Waals surface area (Å²) in [6, 6.07) is 14.7. The summed E-state index contributed by atoms with van der Waals surface area (Å²) >= 11 is 1.59. The lowest BCUT2D eigenvalue weighted by Crippen LogP contribution is -2.21. The molecule has 2 aromatic carbocycles. The van der Waals surface area contributed by atoms with Crippen LogP contribution in [0, 0.1) is 5.41 Å². The maximum Gasteiger partial charge on any atom is 0.344 e. The van der Waals surface area contributed by atoms with Crippen LogP contribution in [-0.4, -0.2) is 23.8 Å². The number of benzene rings is 2. The largest absolute Gasteiger partial charge is 0.462 e. The third-order valence-corrected chi connectivity index (χ3v) is 5.41. The smallest absolute Gasteiger partial charge is 0.344 e. The second-order valence-corrected chi connectivity index (χ2v) is 7.21. The quantitative estimate of drug-likeness (QED) is 0.299. The van der Waals surface area contributed by atoms with E-state index < -0.39 is 11.5 Å². The molecule has 0 bridgehead atoms. The number of esters is 1. The molecule has 4 aromatic rings. The highest BCUT2D eigenvalue weighted by Crippen LogP contribution is 2.32. The van der Waals surface area contributed by atoms with Crippen LogP contribution in [0.25, 0.3) is 33.0 Å². The lowest BCUT2D eigenvalue weighted by atomic mass is 9.96. The number of carbonyl (C=O) groups excluding carboxylic acids is 1. The summed E-state index contributed by atoms with van der Waals surface area (Å²) in [4.78, 5) is 29.6. The Bertz CT molecular complexity index is 1350. The van der Waals surface area contributed by atoms with Crippen molar-refractivity contribution in [3.05, 3.63) is 70.0 Å². The zero-order chi connectivity index (χ0) is 20.5. The highest BCUT2D eigenvalue weighted by atomic mass is 32.2. The van der Waals surface area contributed by atoms with E-state index in [9.17, 15) is 9.59 Å². The molecular weight excluding hydrogens is 388 g/mol. The van der Waals surface area contributed by atoms with E-state index >= 15 is 0 Å². The van der Waals surface area contributed by atoms with Crippen molar-refractivity contribution >= 4 is 39.6 Å². The number of aromatic nitrogens is 1. The van der Waals surface area contributed by atoms with Crippen molar-refractivity contribution in [1.82, 2.24) is 4.98 Å². The summed E-state index contributed by atoms with van der Waals surface area (Å²) in [6.07, 6.45) is 1.97. The van der Waals surface area contributed by atoms with E-state index in [0.717, 1.165) is 4.90 Å². The molecule has 0 spiro atoms. The number of rotatable bonds is 4. The van der Waals surface area contributed by atoms with Crippen LogP contribution in [0.5, 0.6) is 0 Å². The van der Waals surface area contributed by atoms with Gasteiger partial charge in [0.25, 0.3) is 5.56 Å².